The lowest BCUT2D eigenvalue weighted by molar-refractivity contribution is -0.136. The number of carbonyl (C=O) groups excluding carboxylic acids is 3. The SMILES string of the molecule is COc1cccc(NC(=O)C(=O)NNC(=O)c2ccncc2)c1. The van der Waals surface area contributed by atoms with Crippen molar-refractivity contribution in [2.24, 2.45) is 0 Å². The third kappa shape index (κ3) is 4.53. The molecule has 0 bridgehead atoms. The Morgan fingerprint density at radius 1 is 1.00 bits per heavy atom. The van der Waals surface area contributed by atoms with E-state index in [4.69, 9.17) is 4.74 Å². The van der Waals surface area contributed by atoms with Gasteiger partial charge in [0.25, 0.3) is 5.91 Å². The third-order valence-electron chi connectivity index (χ3n) is 2.77. The molecule has 0 aliphatic heterocycles. The van der Waals surface area contributed by atoms with Crippen molar-refractivity contribution >= 4 is 23.4 Å². The van der Waals surface area contributed by atoms with E-state index >= 15 is 0 Å². The molecule has 0 unspecified atom stereocenters. The molecular formula is C15H14N4O4. The molecule has 118 valence electrons. The molecule has 0 aliphatic carbocycles. The van der Waals surface area contributed by atoms with Crippen molar-refractivity contribution in [2.45, 2.75) is 0 Å². The van der Waals surface area contributed by atoms with Crippen molar-refractivity contribution in [2.75, 3.05) is 12.4 Å². The smallest absolute Gasteiger partial charge is 0.328 e. The maximum atomic E-state index is 11.7. The van der Waals surface area contributed by atoms with Crippen molar-refractivity contribution < 1.29 is 19.1 Å². The molecule has 8 nitrogen and oxygen atoms in total. The van der Waals surface area contributed by atoms with Gasteiger partial charge in [-0.2, -0.15) is 0 Å². The number of hydrogen-bond acceptors (Lipinski definition) is 5. The number of aromatic nitrogens is 1. The normalized spacial score (nSPS) is 9.61. The van der Waals surface area contributed by atoms with Crippen molar-refractivity contribution in [1.29, 1.82) is 0 Å². The van der Waals surface area contributed by atoms with Crippen LogP contribution in [0.2, 0.25) is 0 Å². The van der Waals surface area contributed by atoms with Crippen LogP contribution in [-0.2, 0) is 9.59 Å². The maximum Gasteiger partial charge on any atom is 0.328 e. The van der Waals surface area contributed by atoms with Gasteiger partial charge in [0, 0.05) is 29.7 Å². The molecule has 0 atom stereocenters. The summed E-state index contributed by atoms with van der Waals surface area (Å²) in [6, 6.07) is 9.46. The molecule has 0 saturated carbocycles. The number of methoxy groups -OCH3 is 1. The molecule has 0 spiro atoms. The Labute approximate surface area is 131 Å². The van der Waals surface area contributed by atoms with Crippen molar-refractivity contribution in [1.82, 2.24) is 15.8 Å². The summed E-state index contributed by atoms with van der Waals surface area (Å²) in [5, 5.41) is 2.39. The van der Waals surface area contributed by atoms with E-state index in [1.54, 1.807) is 24.3 Å². The molecular weight excluding hydrogens is 300 g/mol. The van der Waals surface area contributed by atoms with Crippen LogP contribution >= 0.6 is 0 Å². The summed E-state index contributed by atoms with van der Waals surface area (Å²) in [6.45, 7) is 0. The lowest BCUT2D eigenvalue weighted by Gasteiger charge is -2.08. The van der Waals surface area contributed by atoms with E-state index in [0.717, 1.165) is 0 Å². The van der Waals surface area contributed by atoms with Crippen LogP contribution < -0.4 is 20.9 Å². The number of anilines is 1. The number of rotatable bonds is 3. The highest BCUT2D eigenvalue weighted by atomic mass is 16.5. The standard InChI is InChI=1S/C15H14N4O4/c1-23-12-4-2-3-11(9-12)17-14(21)15(22)19-18-13(20)10-5-7-16-8-6-10/h2-9H,1H3,(H,17,21)(H,18,20)(H,19,22). The van der Waals surface area contributed by atoms with E-state index < -0.39 is 17.7 Å². The number of hydrogen-bond donors (Lipinski definition) is 3. The number of ether oxygens (including phenoxy) is 1. The van der Waals surface area contributed by atoms with Gasteiger partial charge in [-0.1, -0.05) is 6.07 Å². The molecule has 0 radical (unpaired) electrons. The Bertz CT molecular complexity index is 718. The minimum atomic E-state index is -1.00. The summed E-state index contributed by atoms with van der Waals surface area (Å²) in [6.07, 6.45) is 2.87. The Hall–Kier alpha value is -3.42. The molecule has 1 aromatic carbocycles. The predicted molar refractivity (Wildman–Crippen MR) is 81.5 cm³/mol. The van der Waals surface area contributed by atoms with Gasteiger partial charge in [0.05, 0.1) is 7.11 Å². The van der Waals surface area contributed by atoms with Crippen LogP contribution in [0.25, 0.3) is 0 Å². The van der Waals surface area contributed by atoms with Crippen LogP contribution in [0.3, 0.4) is 0 Å². The zero-order chi connectivity index (χ0) is 16.7. The molecule has 2 aromatic rings. The van der Waals surface area contributed by atoms with E-state index in [9.17, 15) is 14.4 Å². The first-order valence-corrected chi connectivity index (χ1v) is 6.56. The fourth-order valence-electron chi connectivity index (χ4n) is 1.63. The average molecular weight is 314 g/mol. The number of benzene rings is 1. The van der Waals surface area contributed by atoms with Gasteiger partial charge in [0.2, 0.25) is 0 Å². The fourth-order valence-corrected chi connectivity index (χ4v) is 1.63. The highest BCUT2D eigenvalue weighted by Crippen LogP contribution is 2.16. The Morgan fingerprint density at radius 3 is 2.43 bits per heavy atom. The molecule has 0 saturated heterocycles. The highest BCUT2D eigenvalue weighted by Gasteiger charge is 2.15. The first kappa shape index (κ1) is 16.0. The van der Waals surface area contributed by atoms with Crippen LogP contribution in [-0.4, -0.2) is 29.8 Å². The number of hydrazine groups is 1. The zero-order valence-corrected chi connectivity index (χ0v) is 12.2. The van der Waals surface area contributed by atoms with Gasteiger partial charge in [0.15, 0.2) is 0 Å². The van der Waals surface area contributed by atoms with Crippen molar-refractivity contribution in [3.63, 3.8) is 0 Å². The maximum absolute atomic E-state index is 11.7. The first-order chi connectivity index (χ1) is 11.1. The van der Waals surface area contributed by atoms with Gasteiger partial charge < -0.3 is 10.1 Å². The van der Waals surface area contributed by atoms with E-state index in [2.05, 4.69) is 15.7 Å². The highest BCUT2D eigenvalue weighted by molar-refractivity contribution is 6.39. The lowest BCUT2D eigenvalue weighted by Crippen LogP contribution is -2.46. The number of pyridine rings is 1. The van der Waals surface area contributed by atoms with Crippen LogP contribution in [0, 0.1) is 0 Å². The molecule has 3 N–H and O–H groups in total. The van der Waals surface area contributed by atoms with Gasteiger partial charge >= 0.3 is 11.8 Å². The van der Waals surface area contributed by atoms with Crippen LogP contribution in [0.1, 0.15) is 10.4 Å². The Balaban J connectivity index is 1.87. The summed E-state index contributed by atoms with van der Waals surface area (Å²) < 4.78 is 5.01. The largest absolute Gasteiger partial charge is 0.497 e. The summed E-state index contributed by atoms with van der Waals surface area (Å²) in [5.41, 5.74) is 4.86. The van der Waals surface area contributed by atoms with E-state index in [1.807, 2.05) is 5.43 Å². The minimum Gasteiger partial charge on any atom is -0.497 e. The van der Waals surface area contributed by atoms with Crippen molar-refractivity contribution in [3.8, 4) is 5.75 Å². The van der Waals surface area contributed by atoms with Gasteiger partial charge in [0.1, 0.15) is 5.75 Å². The molecule has 0 fully saturated rings. The summed E-state index contributed by atoms with van der Waals surface area (Å²) >= 11 is 0. The molecule has 23 heavy (non-hydrogen) atoms. The zero-order valence-electron chi connectivity index (χ0n) is 12.2. The molecule has 0 aliphatic rings. The summed E-state index contributed by atoms with van der Waals surface area (Å²) in [5.74, 6) is -1.95. The number of nitrogens with zero attached hydrogens (tertiary/aromatic N) is 1. The number of amides is 3. The van der Waals surface area contributed by atoms with Gasteiger partial charge in [-0.25, -0.2) is 0 Å². The molecule has 3 amide bonds. The van der Waals surface area contributed by atoms with Gasteiger partial charge in [-0.15, -0.1) is 0 Å². The van der Waals surface area contributed by atoms with Crippen LogP contribution in [0.15, 0.2) is 48.8 Å². The molecule has 2 rings (SSSR count). The lowest BCUT2D eigenvalue weighted by atomic mass is 10.3. The predicted octanol–water partition coefficient (Wildman–Crippen LogP) is 0.490. The van der Waals surface area contributed by atoms with E-state index in [-0.39, 0.29) is 0 Å². The number of nitrogens with one attached hydrogen (secondary N) is 3. The average Bonchev–Trinajstić information content (AvgIpc) is 2.60. The summed E-state index contributed by atoms with van der Waals surface area (Å²) in [4.78, 5) is 38.9. The Kier molecular flexibility index (Phi) is 5.24. The van der Waals surface area contributed by atoms with Gasteiger partial charge in [-0.05, 0) is 24.3 Å². The molecule has 1 heterocycles. The third-order valence-corrected chi connectivity index (χ3v) is 2.77. The second kappa shape index (κ2) is 7.55. The van der Waals surface area contributed by atoms with Crippen molar-refractivity contribution in [3.05, 3.63) is 54.4 Å². The van der Waals surface area contributed by atoms with E-state index in [1.165, 1.54) is 31.6 Å². The second-order valence-corrected chi connectivity index (χ2v) is 4.33. The molecule has 8 heteroatoms. The van der Waals surface area contributed by atoms with E-state index in [0.29, 0.717) is 17.0 Å². The van der Waals surface area contributed by atoms with Gasteiger partial charge in [-0.3, -0.25) is 30.2 Å². The van der Waals surface area contributed by atoms with Crippen LogP contribution in [0.5, 0.6) is 5.75 Å². The quantitative estimate of drug-likeness (QED) is 0.564. The molecule has 1 aromatic heterocycles. The fraction of sp³-hybridized carbons (Fsp3) is 0.0667. The first-order valence-electron chi connectivity index (χ1n) is 6.56. The second-order valence-electron chi connectivity index (χ2n) is 4.33. The summed E-state index contributed by atoms with van der Waals surface area (Å²) in [7, 11) is 1.49. The monoisotopic (exact) mass is 314 g/mol. The Morgan fingerprint density at radius 2 is 1.74 bits per heavy atom. The number of carbonyl (C=O) groups is 3. The topological polar surface area (TPSA) is 109 Å². The van der Waals surface area contributed by atoms with Crippen LogP contribution in [0.4, 0.5) is 5.69 Å². The minimum absolute atomic E-state index is 0.300.